The molecule has 0 aromatic heterocycles. The summed E-state index contributed by atoms with van der Waals surface area (Å²) in [5.41, 5.74) is 7.28. The lowest BCUT2D eigenvalue weighted by molar-refractivity contribution is -0.134. The molecule has 0 atom stereocenters. The minimum atomic E-state index is -4.28. The van der Waals surface area contributed by atoms with Crippen LogP contribution in [0.25, 0.3) is 6.08 Å². The Kier molecular flexibility index (Phi) is 11.6. The number of methoxy groups -OCH3 is 1. The highest BCUT2D eigenvalue weighted by Gasteiger charge is 2.26. The normalized spacial score (nSPS) is 14.6. The zero-order valence-corrected chi connectivity index (χ0v) is 26.9. The van der Waals surface area contributed by atoms with Crippen molar-refractivity contribution in [1.29, 1.82) is 0 Å². The molecule has 1 fully saturated rings. The number of carbonyl (C=O) groups is 2. The standard InChI is InChI=1S/C32H35ClN4O8S/c1-36-17-14-27(15-18-36)44-29-13-8-24(20-28(29)33)37(46(41,42)21-30(38)39)16-4-6-22-5-3-7-23(19-22)31(34)35-32(40)45-26-11-9-25(43-2)10-12-26/h3-13,19-20,27H,14-18,21H2,1-2H3,(H,38,39)(H2,34,35,40)/b6-4+. The van der Waals surface area contributed by atoms with Gasteiger partial charge in [-0.2, -0.15) is 4.99 Å². The van der Waals surface area contributed by atoms with Gasteiger partial charge in [0.2, 0.25) is 10.0 Å². The Hall–Kier alpha value is -4.59. The number of halogens is 1. The second-order valence-corrected chi connectivity index (χ2v) is 12.8. The van der Waals surface area contributed by atoms with E-state index in [9.17, 15) is 23.1 Å². The molecule has 244 valence electrons. The molecule has 12 nitrogen and oxygen atoms in total. The fourth-order valence-corrected chi connectivity index (χ4v) is 6.09. The number of hydrogen-bond donors (Lipinski definition) is 2. The van der Waals surface area contributed by atoms with Gasteiger partial charge in [-0.1, -0.05) is 42.0 Å². The summed E-state index contributed by atoms with van der Waals surface area (Å²) in [5, 5.41) is 9.47. The number of ether oxygens (including phenoxy) is 3. The maximum absolute atomic E-state index is 13.1. The second-order valence-electron chi connectivity index (χ2n) is 10.5. The third-order valence-corrected chi connectivity index (χ3v) is 8.98. The topological polar surface area (TPSA) is 161 Å². The molecule has 1 amide bonds. The highest BCUT2D eigenvalue weighted by Crippen LogP contribution is 2.32. The molecule has 0 radical (unpaired) electrons. The first-order chi connectivity index (χ1) is 21.9. The molecule has 0 bridgehead atoms. The molecule has 0 aliphatic carbocycles. The Morgan fingerprint density at radius 2 is 1.78 bits per heavy atom. The number of sulfonamides is 1. The minimum absolute atomic E-state index is 0.0108. The fraction of sp³-hybridized carbons (Fsp3) is 0.281. The number of anilines is 1. The maximum atomic E-state index is 13.1. The smallest absolute Gasteiger partial charge is 0.441 e. The molecule has 4 rings (SSSR count). The van der Waals surface area contributed by atoms with Crippen LogP contribution in [0.2, 0.25) is 5.02 Å². The summed E-state index contributed by atoms with van der Waals surface area (Å²) in [6.07, 6.45) is 3.94. The average Bonchev–Trinajstić information content (AvgIpc) is 3.01. The van der Waals surface area contributed by atoms with Gasteiger partial charge in [0.15, 0.2) is 5.75 Å². The number of aliphatic imine (C=N–C) groups is 1. The van der Waals surface area contributed by atoms with Crippen LogP contribution in [0.4, 0.5) is 10.5 Å². The first-order valence-electron chi connectivity index (χ1n) is 14.3. The molecule has 1 aliphatic heterocycles. The molecular formula is C32H35ClN4O8S. The lowest BCUT2D eigenvalue weighted by atomic mass is 10.1. The van der Waals surface area contributed by atoms with Gasteiger partial charge in [-0.05, 0) is 74.0 Å². The van der Waals surface area contributed by atoms with Crippen LogP contribution in [-0.2, 0) is 14.8 Å². The van der Waals surface area contributed by atoms with E-state index >= 15 is 0 Å². The van der Waals surface area contributed by atoms with Crippen molar-refractivity contribution < 1.29 is 37.3 Å². The zero-order chi connectivity index (χ0) is 33.3. The summed E-state index contributed by atoms with van der Waals surface area (Å²) < 4.78 is 43.5. The van der Waals surface area contributed by atoms with Crippen LogP contribution >= 0.6 is 11.6 Å². The lowest BCUT2D eigenvalue weighted by Gasteiger charge is -2.30. The third-order valence-electron chi connectivity index (χ3n) is 7.04. The van der Waals surface area contributed by atoms with Gasteiger partial charge in [0.1, 0.15) is 29.2 Å². The van der Waals surface area contributed by atoms with Crippen LogP contribution < -0.4 is 24.2 Å². The van der Waals surface area contributed by atoms with Gasteiger partial charge in [0.05, 0.1) is 24.4 Å². The van der Waals surface area contributed by atoms with Crippen molar-refractivity contribution >= 4 is 51.3 Å². The average molecular weight is 671 g/mol. The minimum Gasteiger partial charge on any atom is -0.497 e. The van der Waals surface area contributed by atoms with Crippen molar-refractivity contribution in [3.8, 4) is 17.2 Å². The molecule has 0 saturated carbocycles. The van der Waals surface area contributed by atoms with E-state index in [0.717, 1.165) is 30.2 Å². The molecule has 46 heavy (non-hydrogen) atoms. The predicted molar refractivity (Wildman–Crippen MR) is 177 cm³/mol. The molecular weight excluding hydrogens is 636 g/mol. The number of piperidine rings is 1. The van der Waals surface area contributed by atoms with Gasteiger partial charge in [-0.3, -0.25) is 9.10 Å². The van der Waals surface area contributed by atoms with Crippen LogP contribution in [0.1, 0.15) is 24.0 Å². The molecule has 0 spiro atoms. The molecule has 3 N–H and O–H groups in total. The first-order valence-corrected chi connectivity index (χ1v) is 16.3. The Balaban J connectivity index is 1.48. The first kappa shape index (κ1) is 34.3. The summed E-state index contributed by atoms with van der Waals surface area (Å²) in [5.74, 6) is -1.39. The van der Waals surface area contributed by atoms with E-state index in [4.69, 9.17) is 31.5 Å². The van der Waals surface area contributed by atoms with Crippen LogP contribution in [0.3, 0.4) is 0 Å². The highest BCUT2D eigenvalue weighted by molar-refractivity contribution is 7.93. The highest BCUT2D eigenvalue weighted by atomic mass is 35.5. The number of nitrogens with two attached hydrogens (primary N) is 1. The van der Waals surface area contributed by atoms with Crippen molar-refractivity contribution in [2.75, 3.05) is 43.8 Å². The fourth-order valence-electron chi connectivity index (χ4n) is 4.65. The van der Waals surface area contributed by atoms with E-state index in [2.05, 4.69) is 9.89 Å². The quantitative estimate of drug-likeness (QED) is 0.205. The van der Waals surface area contributed by atoms with Gasteiger partial charge in [-0.25, -0.2) is 13.2 Å². The van der Waals surface area contributed by atoms with E-state index in [0.29, 0.717) is 22.6 Å². The van der Waals surface area contributed by atoms with E-state index in [1.54, 1.807) is 66.7 Å². The van der Waals surface area contributed by atoms with Crippen LogP contribution in [0.5, 0.6) is 17.2 Å². The molecule has 14 heteroatoms. The number of hydrogen-bond acceptors (Lipinski definition) is 8. The predicted octanol–water partition coefficient (Wildman–Crippen LogP) is 4.66. The van der Waals surface area contributed by atoms with E-state index in [1.807, 2.05) is 7.05 Å². The number of benzene rings is 3. The molecule has 1 saturated heterocycles. The van der Waals surface area contributed by atoms with Crippen molar-refractivity contribution in [2.24, 2.45) is 10.7 Å². The van der Waals surface area contributed by atoms with Gasteiger partial charge in [-0.15, -0.1) is 0 Å². The van der Waals surface area contributed by atoms with Crippen molar-refractivity contribution in [3.63, 3.8) is 0 Å². The Morgan fingerprint density at radius 3 is 2.43 bits per heavy atom. The second kappa shape index (κ2) is 15.6. The number of amidine groups is 1. The molecule has 0 unspecified atom stereocenters. The van der Waals surface area contributed by atoms with Gasteiger partial charge >= 0.3 is 12.1 Å². The largest absolute Gasteiger partial charge is 0.497 e. The summed E-state index contributed by atoms with van der Waals surface area (Å²) in [6, 6.07) is 17.7. The van der Waals surface area contributed by atoms with Crippen LogP contribution in [0.15, 0.2) is 77.8 Å². The van der Waals surface area contributed by atoms with Gasteiger partial charge in [0, 0.05) is 18.7 Å². The van der Waals surface area contributed by atoms with E-state index in [-0.39, 0.29) is 34.9 Å². The number of carboxylic acids is 1. The lowest BCUT2D eigenvalue weighted by Crippen LogP contribution is -2.36. The summed E-state index contributed by atoms with van der Waals surface area (Å²) in [4.78, 5) is 29.7. The Bertz CT molecular complexity index is 1710. The third kappa shape index (κ3) is 9.70. The van der Waals surface area contributed by atoms with Gasteiger partial charge < -0.3 is 30.0 Å². The van der Waals surface area contributed by atoms with Crippen molar-refractivity contribution in [2.45, 2.75) is 18.9 Å². The number of carboxylic acid groups (broad SMARTS) is 1. The Morgan fingerprint density at radius 1 is 1.09 bits per heavy atom. The number of nitrogens with zero attached hydrogens (tertiary/aromatic N) is 3. The maximum Gasteiger partial charge on any atom is 0.441 e. The van der Waals surface area contributed by atoms with Crippen LogP contribution in [-0.4, -0.2) is 82.0 Å². The molecule has 3 aromatic carbocycles. The number of carbonyl (C=O) groups excluding carboxylic acids is 1. The van der Waals surface area contributed by atoms with Gasteiger partial charge in [0.25, 0.3) is 0 Å². The SMILES string of the molecule is COc1ccc(OC(=O)N=C(N)c2cccc(/C=C/CN(c3ccc(OC4CCN(C)CC4)c(Cl)c3)S(=O)(=O)CC(=O)O)c2)cc1. The monoisotopic (exact) mass is 670 g/mol. The summed E-state index contributed by atoms with van der Waals surface area (Å²) in [7, 11) is -0.710. The number of likely N-dealkylation sites (tertiary alicyclic amines) is 1. The Labute approximate surface area is 272 Å². The summed E-state index contributed by atoms with van der Waals surface area (Å²) in [6.45, 7) is 1.60. The van der Waals surface area contributed by atoms with Crippen molar-refractivity contribution in [1.82, 2.24) is 4.90 Å². The number of amides is 1. The van der Waals surface area contributed by atoms with E-state index < -0.39 is 27.8 Å². The number of rotatable bonds is 12. The van der Waals surface area contributed by atoms with Crippen LogP contribution in [0, 0.1) is 0 Å². The molecule has 1 aliphatic rings. The molecule has 3 aromatic rings. The zero-order valence-electron chi connectivity index (χ0n) is 25.3. The molecule has 1 heterocycles. The van der Waals surface area contributed by atoms with E-state index in [1.165, 1.54) is 19.2 Å². The van der Waals surface area contributed by atoms with Crippen molar-refractivity contribution in [3.05, 3.63) is 89.0 Å². The number of aliphatic carboxylic acids is 1. The summed E-state index contributed by atoms with van der Waals surface area (Å²) >= 11 is 6.50.